The van der Waals surface area contributed by atoms with Crippen LogP contribution >= 0.6 is 0 Å². The second-order valence-corrected chi connectivity index (χ2v) is 2.84. The monoisotopic (exact) mass is 146 g/mol. The van der Waals surface area contributed by atoms with Crippen molar-refractivity contribution in [1.29, 1.82) is 0 Å². The molecule has 2 heteroatoms. The van der Waals surface area contributed by atoms with Crippen LogP contribution in [0.25, 0.3) is 0 Å². The van der Waals surface area contributed by atoms with E-state index in [-0.39, 0.29) is 12.2 Å². The molecule has 2 atom stereocenters. The molecule has 10 heavy (non-hydrogen) atoms. The molecule has 2 unspecified atom stereocenters. The molecule has 0 rings (SSSR count). The van der Waals surface area contributed by atoms with Crippen molar-refractivity contribution in [2.45, 2.75) is 51.7 Å². The summed E-state index contributed by atoms with van der Waals surface area (Å²) in [5, 5.41) is 17.9. The minimum absolute atomic E-state index is 0.168. The van der Waals surface area contributed by atoms with Gasteiger partial charge in [0, 0.05) is 0 Å². The molecule has 0 aliphatic heterocycles. The first kappa shape index (κ1) is 9.92. The molecule has 0 bridgehead atoms. The summed E-state index contributed by atoms with van der Waals surface area (Å²) >= 11 is 0. The van der Waals surface area contributed by atoms with Crippen LogP contribution in [0, 0.1) is 0 Å². The summed E-state index contributed by atoms with van der Waals surface area (Å²) in [7, 11) is 0. The Bertz CT molecular complexity index is 71.7. The molecule has 0 amide bonds. The van der Waals surface area contributed by atoms with Crippen molar-refractivity contribution in [1.82, 2.24) is 0 Å². The normalized spacial score (nSPS) is 16.8. The second-order valence-electron chi connectivity index (χ2n) is 2.84. The van der Waals surface area contributed by atoms with E-state index in [9.17, 15) is 0 Å². The lowest BCUT2D eigenvalue weighted by atomic mass is 10.1. The zero-order valence-electron chi connectivity index (χ0n) is 6.88. The van der Waals surface area contributed by atoms with Gasteiger partial charge >= 0.3 is 0 Å². The average Bonchev–Trinajstić information content (AvgIpc) is 1.87. The lowest BCUT2D eigenvalue weighted by Crippen LogP contribution is -2.06. The lowest BCUT2D eigenvalue weighted by Gasteiger charge is -2.07. The minimum Gasteiger partial charge on any atom is -0.393 e. The van der Waals surface area contributed by atoms with E-state index in [4.69, 9.17) is 10.2 Å². The van der Waals surface area contributed by atoms with E-state index in [1.165, 1.54) is 0 Å². The molecule has 0 aromatic heterocycles. The summed E-state index contributed by atoms with van der Waals surface area (Å²) in [5.74, 6) is 0. The summed E-state index contributed by atoms with van der Waals surface area (Å²) in [5.41, 5.74) is 0. The highest BCUT2D eigenvalue weighted by molar-refractivity contribution is 4.54. The Kier molecular flexibility index (Phi) is 5.64. The van der Waals surface area contributed by atoms with Crippen LogP contribution in [-0.2, 0) is 0 Å². The van der Waals surface area contributed by atoms with Gasteiger partial charge in [0.15, 0.2) is 0 Å². The third kappa shape index (κ3) is 6.05. The van der Waals surface area contributed by atoms with Gasteiger partial charge in [0.05, 0.1) is 12.2 Å². The third-order valence-corrected chi connectivity index (χ3v) is 1.63. The molecule has 0 aromatic carbocycles. The topological polar surface area (TPSA) is 40.5 Å². The molecule has 0 aliphatic carbocycles. The van der Waals surface area contributed by atoms with Gasteiger partial charge in [0.1, 0.15) is 0 Å². The van der Waals surface area contributed by atoms with Crippen molar-refractivity contribution in [3.05, 3.63) is 0 Å². The van der Waals surface area contributed by atoms with E-state index in [1.807, 2.05) is 6.92 Å². The van der Waals surface area contributed by atoms with Gasteiger partial charge in [-0.1, -0.05) is 6.92 Å². The Labute approximate surface area is 62.9 Å². The summed E-state index contributed by atoms with van der Waals surface area (Å²) in [4.78, 5) is 0. The lowest BCUT2D eigenvalue weighted by molar-refractivity contribution is 0.139. The number of rotatable bonds is 5. The first-order valence-corrected chi connectivity index (χ1v) is 4.03. The molecule has 2 N–H and O–H groups in total. The standard InChI is InChI=1S/C8H18O2/c1-3-8(10)6-4-5-7(2)9/h7-10H,3-6H2,1-2H3. The SMILES string of the molecule is CCC(O)CCCC(C)O. The molecule has 0 saturated carbocycles. The van der Waals surface area contributed by atoms with Crippen LogP contribution in [0.4, 0.5) is 0 Å². The highest BCUT2D eigenvalue weighted by atomic mass is 16.3. The molecule has 0 aliphatic rings. The predicted molar refractivity (Wildman–Crippen MR) is 41.8 cm³/mol. The first-order valence-electron chi connectivity index (χ1n) is 4.03. The van der Waals surface area contributed by atoms with Gasteiger partial charge < -0.3 is 10.2 Å². The summed E-state index contributed by atoms with van der Waals surface area (Å²) in [6.45, 7) is 3.74. The van der Waals surface area contributed by atoms with E-state index >= 15 is 0 Å². The fourth-order valence-corrected chi connectivity index (χ4v) is 0.853. The van der Waals surface area contributed by atoms with Gasteiger partial charge in [0.25, 0.3) is 0 Å². The van der Waals surface area contributed by atoms with Crippen molar-refractivity contribution in [2.75, 3.05) is 0 Å². The predicted octanol–water partition coefficient (Wildman–Crippen LogP) is 1.31. The van der Waals surface area contributed by atoms with Crippen LogP contribution in [0.3, 0.4) is 0 Å². The molecule has 0 aromatic rings. The molecule has 0 saturated heterocycles. The fraction of sp³-hybridized carbons (Fsp3) is 1.00. The van der Waals surface area contributed by atoms with Gasteiger partial charge in [-0.05, 0) is 32.6 Å². The van der Waals surface area contributed by atoms with E-state index in [0.29, 0.717) is 0 Å². The summed E-state index contributed by atoms with van der Waals surface area (Å²) in [6, 6.07) is 0. The van der Waals surface area contributed by atoms with E-state index in [1.54, 1.807) is 6.92 Å². The van der Waals surface area contributed by atoms with Crippen molar-refractivity contribution < 1.29 is 10.2 Å². The highest BCUT2D eigenvalue weighted by Gasteiger charge is 2.01. The number of aliphatic hydroxyl groups excluding tert-OH is 2. The van der Waals surface area contributed by atoms with Gasteiger partial charge in [-0.25, -0.2) is 0 Å². The molecule has 62 valence electrons. The number of aliphatic hydroxyl groups is 2. The zero-order valence-corrected chi connectivity index (χ0v) is 6.88. The maximum absolute atomic E-state index is 9.09. The van der Waals surface area contributed by atoms with Crippen LogP contribution in [0.15, 0.2) is 0 Å². The Hall–Kier alpha value is -0.0800. The molecule has 0 spiro atoms. The Morgan fingerprint density at radius 2 is 1.80 bits per heavy atom. The van der Waals surface area contributed by atoms with Crippen LogP contribution < -0.4 is 0 Å². The Morgan fingerprint density at radius 1 is 1.20 bits per heavy atom. The van der Waals surface area contributed by atoms with E-state index in [0.717, 1.165) is 25.7 Å². The van der Waals surface area contributed by atoms with Gasteiger partial charge in [-0.15, -0.1) is 0 Å². The zero-order chi connectivity index (χ0) is 7.98. The summed E-state index contributed by atoms with van der Waals surface area (Å²) < 4.78 is 0. The molecule has 2 nitrogen and oxygen atoms in total. The summed E-state index contributed by atoms with van der Waals surface area (Å²) in [6.07, 6.45) is 2.98. The highest BCUT2D eigenvalue weighted by Crippen LogP contribution is 2.05. The maximum atomic E-state index is 9.09. The third-order valence-electron chi connectivity index (χ3n) is 1.63. The van der Waals surface area contributed by atoms with Crippen molar-refractivity contribution in [3.63, 3.8) is 0 Å². The van der Waals surface area contributed by atoms with Crippen LogP contribution in [0.5, 0.6) is 0 Å². The van der Waals surface area contributed by atoms with Gasteiger partial charge in [-0.2, -0.15) is 0 Å². The minimum atomic E-state index is -0.218. The number of hydrogen-bond acceptors (Lipinski definition) is 2. The van der Waals surface area contributed by atoms with Crippen LogP contribution in [-0.4, -0.2) is 22.4 Å². The second kappa shape index (κ2) is 5.69. The molecule has 0 heterocycles. The van der Waals surface area contributed by atoms with Crippen LogP contribution in [0.2, 0.25) is 0 Å². The maximum Gasteiger partial charge on any atom is 0.0537 e. The van der Waals surface area contributed by atoms with Crippen LogP contribution in [0.1, 0.15) is 39.5 Å². The molecular weight excluding hydrogens is 128 g/mol. The van der Waals surface area contributed by atoms with E-state index < -0.39 is 0 Å². The van der Waals surface area contributed by atoms with E-state index in [2.05, 4.69) is 0 Å². The smallest absolute Gasteiger partial charge is 0.0537 e. The largest absolute Gasteiger partial charge is 0.393 e. The van der Waals surface area contributed by atoms with Crippen molar-refractivity contribution in [3.8, 4) is 0 Å². The van der Waals surface area contributed by atoms with Crippen molar-refractivity contribution >= 4 is 0 Å². The first-order chi connectivity index (χ1) is 4.66. The van der Waals surface area contributed by atoms with Crippen molar-refractivity contribution in [2.24, 2.45) is 0 Å². The number of hydrogen-bond donors (Lipinski definition) is 2. The van der Waals surface area contributed by atoms with Gasteiger partial charge in [-0.3, -0.25) is 0 Å². The van der Waals surface area contributed by atoms with Gasteiger partial charge in [0.2, 0.25) is 0 Å². The quantitative estimate of drug-likeness (QED) is 0.614. The molecule has 0 radical (unpaired) electrons. The Balaban J connectivity index is 3.03. The Morgan fingerprint density at radius 3 is 2.20 bits per heavy atom. The fourth-order valence-electron chi connectivity index (χ4n) is 0.853. The molecule has 0 fully saturated rings. The molecular formula is C8H18O2. The average molecular weight is 146 g/mol.